The second kappa shape index (κ2) is 6.90. The molecule has 0 bridgehead atoms. The van der Waals surface area contributed by atoms with Crippen LogP contribution in [-0.4, -0.2) is 30.1 Å². The summed E-state index contributed by atoms with van der Waals surface area (Å²) in [5.41, 5.74) is 1.33. The van der Waals surface area contributed by atoms with Crippen molar-refractivity contribution in [1.29, 1.82) is 0 Å². The van der Waals surface area contributed by atoms with E-state index in [1.165, 1.54) is 20.3 Å². The fraction of sp³-hybridized carbons (Fsp3) is 0.214. The molecule has 1 aromatic carbocycles. The third-order valence-electron chi connectivity index (χ3n) is 2.67. The number of halogens is 1. The number of hydrogen-bond acceptors (Lipinski definition) is 5. The van der Waals surface area contributed by atoms with E-state index in [0.717, 1.165) is 5.56 Å². The van der Waals surface area contributed by atoms with Crippen LogP contribution < -0.4 is 14.8 Å². The van der Waals surface area contributed by atoms with Gasteiger partial charge in [-0.2, -0.15) is 9.97 Å². The Morgan fingerprint density at radius 3 is 2.43 bits per heavy atom. The molecule has 0 saturated heterocycles. The van der Waals surface area contributed by atoms with Gasteiger partial charge in [-0.15, -0.1) is 11.6 Å². The minimum atomic E-state index is -0.336. The second-order valence-electron chi connectivity index (χ2n) is 4.06. The third kappa shape index (κ3) is 3.82. The molecule has 0 fully saturated rings. The zero-order valence-corrected chi connectivity index (χ0v) is 12.3. The predicted octanol–water partition coefficient (Wildman–Crippen LogP) is 2.48. The first-order valence-electron chi connectivity index (χ1n) is 6.09. The molecule has 0 radical (unpaired) electrons. The number of methoxy groups -OCH3 is 2. The zero-order chi connectivity index (χ0) is 15.2. The molecule has 21 heavy (non-hydrogen) atoms. The van der Waals surface area contributed by atoms with E-state index in [9.17, 15) is 4.79 Å². The Kier molecular flexibility index (Phi) is 4.94. The highest BCUT2D eigenvalue weighted by molar-refractivity contribution is 6.17. The number of nitrogens with zero attached hydrogens (tertiary/aromatic N) is 2. The number of carbonyl (C=O) groups excluding carboxylic acids is 1. The normalized spacial score (nSPS) is 10.0. The van der Waals surface area contributed by atoms with Crippen molar-refractivity contribution in [2.24, 2.45) is 0 Å². The lowest BCUT2D eigenvalue weighted by Crippen LogP contribution is -2.15. The summed E-state index contributed by atoms with van der Waals surface area (Å²) >= 11 is 5.75. The number of amides is 1. The summed E-state index contributed by atoms with van der Waals surface area (Å²) in [7, 11) is 2.94. The van der Waals surface area contributed by atoms with Gasteiger partial charge in [-0.25, -0.2) is 0 Å². The summed E-state index contributed by atoms with van der Waals surface area (Å²) in [6.07, 6.45) is 0. The summed E-state index contributed by atoms with van der Waals surface area (Å²) in [5.74, 6) is 0.702. The van der Waals surface area contributed by atoms with Gasteiger partial charge in [-0.1, -0.05) is 12.1 Å². The molecule has 6 nitrogen and oxygen atoms in total. The van der Waals surface area contributed by atoms with Crippen LogP contribution in [0, 0.1) is 0 Å². The molecule has 0 aliphatic carbocycles. The highest BCUT2D eigenvalue weighted by atomic mass is 35.5. The lowest BCUT2D eigenvalue weighted by molar-refractivity contribution is 0.102. The van der Waals surface area contributed by atoms with E-state index in [4.69, 9.17) is 21.1 Å². The van der Waals surface area contributed by atoms with Gasteiger partial charge in [0.05, 0.1) is 20.3 Å². The summed E-state index contributed by atoms with van der Waals surface area (Å²) in [4.78, 5) is 20.2. The van der Waals surface area contributed by atoms with Crippen molar-refractivity contribution >= 4 is 23.5 Å². The lowest BCUT2D eigenvalue weighted by atomic mass is 10.1. The molecule has 110 valence electrons. The fourth-order valence-corrected chi connectivity index (χ4v) is 1.80. The van der Waals surface area contributed by atoms with Crippen molar-refractivity contribution < 1.29 is 14.3 Å². The number of anilines is 1. The van der Waals surface area contributed by atoms with Gasteiger partial charge >= 0.3 is 0 Å². The molecule has 0 aliphatic rings. The molecule has 1 aromatic heterocycles. The molecule has 1 amide bonds. The van der Waals surface area contributed by atoms with E-state index in [1.54, 1.807) is 18.2 Å². The monoisotopic (exact) mass is 307 g/mol. The second-order valence-corrected chi connectivity index (χ2v) is 4.33. The number of rotatable bonds is 5. The summed E-state index contributed by atoms with van der Waals surface area (Å²) in [6, 6.07) is 8.51. The van der Waals surface area contributed by atoms with Crippen LogP contribution >= 0.6 is 11.6 Å². The SMILES string of the molecule is COc1cc(OC)nc(NC(=O)c2cccc(CCl)c2)n1. The molecular formula is C14H14ClN3O3. The lowest BCUT2D eigenvalue weighted by Gasteiger charge is -2.08. The van der Waals surface area contributed by atoms with Crippen molar-refractivity contribution in [2.45, 2.75) is 5.88 Å². The Balaban J connectivity index is 2.22. The number of aromatic nitrogens is 2. The molecule has 2 aromatic rings. The number of ether oxygens (including phenoxy) is 2. The Labute approximate surface area is 127 Å². The van der Waals surface area contributed by atoms with Gasteiger partial charge < -0.3 is 9.47 Å². The van der Waals surface area contributed by atoms with E-state index in [1.807, 2.05) is 6.07 Å². The van der Waals surface area contributed by atoms with Gasteiger partial charge in [0.15, 0.2) is 0 Å². The van der Waals surface area contributed by atoms with Gasteiger partial charge in [0.2, 0.25) is 17.7 Å². The van der Waals surface area contributed by atoms with Crippen molar-refractivity contribution in [3.63, 3.8) is 0 Å². The maximum atomic E-state index is 12.2. The molecule has 1 heterocycles. The molecule has 2 rings (SSSR count). The first-order chi connectivity index (χ1) is 10.2. The number of benzene rings is 1. The van der Waals surface area contributed by atoms with Crippen molar-refractivity contribution in [2.75, 3.05) is 19.5 Å². The van der Waals surface area contributed by atoms with E-state index >= 15 is 0 Å². The van der Waals surface area contributed by atoms with Gasteiger partial charge in [0.25, 0.3) is 5.91 Å². The van der Waals surface area contributed by atoms with Gasteiger partial charge in [0.1, 0.15) is 0 Å². The van der Waals surface area contributed by atoms with Crippen LogP contribution in [-0.2, 0) is 5.88 Å². The van der Waals surface area contributed by atoms with Crippen LogP contribution in [0.4, 0.5) is 5.95 Å². The average Bonchev–Trinajstić information content (AvgIpc) is 2.54. The Bertz CT molecular complexity index is 627. The predicted molar refractivity (Wildman–Crippen MR) is 79.1 cm³/mol. The molecule has 0 saturated carbocycles. The third-order valence-corrected chi connectivity index (χ3v) is 2.97. The maximum absolute atomic E-state index is 12.2. The Morgan fingerprint density at radius 1 is 1.19 bits per heavy atom. The van der Waals surface area contributed by atoms with Crippen molar-refractivity contribution in [1.82, 2.24) is 9.97 Å². The van der Waals surface area contributed by atoms with Gasteiger partial charge in [0, 0.05) is 11.4 Å². The minimum absolute atomic E-state index is 0.104. The van der Waals surface area contributed by atoms with E-state index in [-0.39, 0.29) is 11.9 Å². The zero-order valence-electron chi connectivity index (χ0n) is 11.6. The average molecular weight is 308 g/mol. The van der Waals surface area contributed by atoms with Crippen LogP contribution in [0.2, 0.25) is 0 Å². The topological polar surface area (TPSA) is 73.3 Å². The molecule has 0 atom stereocenters. The van der Waals surface area contributed by atoms with Crippen LogP contribution in [0.1, 0.15) is 15.9 Å². The van der Waals surface area contributed by atoms with Crippen LogP contribution in [0.3, 0.4) is 0 Å². The summed E-state index contributed by atoms with van der Waals surface area (Å²) < 4.78 is 10.0. The molecule has 7 heteroatoms. The highest BCUT2D eigenvalue weighted by Crippen LogP contribution is 2.18. The number of alkyl halides is 1. The largest absolute Gasteiger partial charge is 0.481 e. The first kappa shape index (κ1) is 15.1. The fourth-order valence-electron chi connectivity index (χ4n) is 1.64. The first-order valence-corrected chi connectivity index (χ1v) is 6.63. The molecular weight excluding hydrogens is 294 g/mol. The van der Waals surface area contributed by atoms with E-state index < -0.39 is 0 Å². The summed E-state index contributed by atoms with van der Waals surface area (Å²) in [6.45, 7) is 0. The van der Waals surface area contributed by atoms with E-state index in [0.29, 0.717) is 23.2 Å². The standard InChI is InChI=1S/C14H14ClN3O3/c1-20-11-7-12(21-2)17-14(16-11)18-13(19)10-5-3-4-9(6-10)8-15/h3-7H,8H2,1-2H3,(H,16,17,18,19). The van der Waals surface area contributed by atoms with Gasteiger partial charge in [-0.05, 0) is 17.7 Å². The Morgan fingerprint density at radius 2 is 1.86 bits per heavy atom. The number of hydrogen-bond donors (Lipinski definition) is 1. The quantitative estimate of drug-likeness (QED) is 0.859. The smallest absolute Gasteiger partial charge is 0.258 e. The Hall–Kier alpha value is -2.34. The van der Waals surface area contributed by atoms with Crippen molar-refractivity contribution in [3.05, 3.63) is 41.5 Å². The van der Waals surface area contributed by atoms with Crippen LogP contribution in [0.25, 0.3) is 0 Å². The highest BCUT2D eigenvalue weighted by Gasteiger charge is 2.11. The molecule has 0 spiro atoms. The van der Waals surface area contributed by atoms with Crippen molar-refractivity contribution in [3.8, 4) is 11.8 Å². The van der Waals surface area contributed by atoms with Gasteiger partial charge in [-0.3, -0.25) is 10.1 Å². The summed E-state index contributed by atoms with van der Waals surface area (Å²) in [5, 5.41) is 2.59. The number of carbonyl (C=O) groups is 1. The number of nitrogens with one attached hydrogen (secondary N) is 1. The minimum Gasteiger partial charge on any atom is -0.481 e. The maximum Gasteiger partial charge on any atom is 0.258 e. The molecule has 0 aliphatic heterocycles. The molecule has 0 unspecified atom stereocenters. The van der Waals surface area contributed by atoms with Crippen LogP contribution in [0.15, 0.2) is 30.3 Å². The van der Waals surface area contributed by atoms with E-state index in [2.05, 4.69) is 15.3 Å². The molecule has 1 N–H and O–H groups in total. The van der Waals surface area contributed by atoms with Crippen LogP contribution in [0.5, 0.6) is 11.8 Å².